The molecule has 1 fully saturated rings. The lowest BCUT2D eigenvalue weighted by atomic mass is 9.97. The van der Waals surface area contributed by atoms with Gasteiger partial charge in [0, 0.05) is 38.8 Å². The second-order valence-electron chi connectivity index (χ2n) is 9.61. The number of fused-ring (bicyclic) bond motifs is 1. The predicted octanol–water partition coefficient (Wildman–Crippen LogP) is 3.24. The van der Waals surface area contributed by atoms with E-state index in [0.717, 1.165) is 55.1 Å². The molecule has 0 aliphatic carbocycles. The molecule has 1 aromatic carbocycles. The van der Waals surface area contributed by atoms with E-state index in [1.807, 2.05) is 23.7 Å². The number of nitrogens with zero attached hydrogens (tertiary/aromatic N) is 4. The standard InChI is InChI=1S/C24H33N5O/c1-24(2,3)17-29-21-10-9-20(26-22(21)27(4)23(29)30)19-8-5-7-18(15-19)16-28-13-6-11-25-12-14-28/h5,7-10,15,25H,6,11-14,16-17H2,1-4H3. The van der Waals surface area contributed by atoms with Crippen LogP contribution in [0.15, 0.2) is 41.2 Å². The van der Waals surface area contributed by atoms with Crippen molar-refractivity contribution in [3.8, 4) is 11.3 Å². The van der Waals surface area contributed by atoms with Gasteiger partial charge in [0.15, 0.2) is 5.65 Å². The van der Waals surface area contributed by atoms with Crippen molar-refractivity contribution < 1.29 is 0 Å². The molecule has 6 nitrogen and oxygen atoms in total. The average molecular weight is 408 g/mol. The van der Waals surface area contributed by atoms with E-state index in [0.29, 0.717) is 6.54 Å². The van der Waals surface area contributed by atoms with Gasteiger partial charge in [0.05, 0.1) is 11.2 Å². The van der Waals surface area contributed by atoms with E-state index in [1.54, 1.807) is 4.57 Å². The van der Waals surface area contributed by atoms with Gasteiger partial charge in [0.2, 0.25) is 0 Å². The Bertz CT molecular complexity index is 1080. The van der Waals surface area contributed by atoms with Crippen LogP contribution in [0.3, 0.4) is 0 Å². The van der Waals surface area contributed by atoms with E-state index in [9.17, 15) is 4.79 Å². The third-order valence-corrected chi connectivity index (χ3v) is 5.67. The van der Waals surface area contributed by atoms with Crippen LogP contribution in [0.2, 0.25) is 0 Å². The SMILES string of the molecule is Cn1c(=O)n(CC(C)(C)C)c2ccc(-c3cccc(CN4CCCNCC4)c3)nc21. The molecule has 1 saturated heterocycles. The highest BCUT2D eigenvalue weighted by Gasteiger charge is 2.19. The number of pyridine rings is 1. The fraction of sp³-hybridized carbons (Fsp3) is 0.500. The summed E-state index contributed by atoms with van der Waals surface area (Å²) in [6.07, 6.45) is 1.19. The number of imidazole rings is 1. The third kappa shape index (κ3) is 4.50. The van der Waals surface area contributed by atoms with Crippen LogP contribution >= 0.6 is 0 Å². The molecule has 2 aromatic heterocycles. The molecule has 6 heteroatoms. The van der Waals surface area contributed by atoms with E-state index >= 15 is 0 Å². The number of aryl methyl sites for hydroxylation is 1. The minimum atomic E-state index is -0.00639. The number of nitrogens with one attached hydrogen (secondary N) is 1. The van der Waals surface area contributed by atoms with Crippen molar-refractivity contribution in [1.82, 2.24) is 24.3 Å². The lowest BCUT2D eigenvalue weighted by Gasteiger charge is -2.19. The fourth-order valence-corrected chi connectivity index (χ4v) is 4.21. The van der Waals surface area contributed by atoms with Gasteiger partial charge in [-0.2, -0.15) is 0 Å². The van der Waals surface area contributed by atoms with Crippen molar-refractivity contribution in [3.05, 3.63) is 52.4 Å². The molecular formula is C24H33N5O. The summed E-state index contributed by atoms with van der Waals surface area (Å²) in [5, 5.41) is 3.46. The molecule has 0 atom stereocenters. The number of benzene rings is 1. The Hall–Kier alpha value is -2.44. The largest absolute Gasteiger partial charge is 0.330 e. The lowest BCUT2D eigenvalue weighted by molar-refractivity contribution is 0.284. The summed E-state index contributed by atoms with van der Waals surface area (Å²) in [6, 6.07) is 12.7. The van der Waals surface area contributed by atoms with E-state index in [-0.39, 0.29) is 11.1 Å². The van der Waals surface area contributed by atoms with Gasteiger partial charge in [-0.1, -0.05) is 39.0 Å². The first-order valence-electron chi connectivity index (χ1n) is 10.9. The summed E-state index contributed by atoms with van der Waals surface area (Å²) < 4.78 is 3.51. The monoisotopic (exact) mass is 407 g/mol. The molecule has 1 aliphatic rings. The fourth-order valence-electron chi connectivity index (χ4n) is 4.21. The first kappa shape index (κ1) is 20.8. The Labute approximate surface area is 178 Å². The van der Waals surface area contributed by atoms with Crippen LogP contribution in [0.1, 0.15) is 32.8 Å². The highest BCUT2D eigenvalue weighted by Crippen LogP contribution is 2.24. The van der Waals surface area contributed by atoms with Gasteiger partial charge in [-0.05, 0) is 48.7 Å². The first-order chi connectivity index (χ1) is 14.3. The Balaban J connectivity index is 1.65. The summed E-state index contributed by atoms with van der Waals surface area (Å²) in [5.41, 5.74) is 4.96. The topological polar surface area (TPSA) is 55.1 Å². The zero-order valence-corrected chi connectivity index (χ0v) is 18.6. The van der Waals surface area contributed by atoms with Crippen molar-refractivity contribution >= 4 is 11.2 Å². The summed E-state index contributed by atoms with van der Waals surface area (Å²) in [6.45, 7) is 12.4. The van der Waals surface area contributed by atoms with Crippen molar-refractivity contribution in [2.75, 3.05) is 26.2 Å². The zero-order chi connectivity index (χ0) is 21.3. The predicted molar refractivity (Wildman–Crippen MR) is 123 cm³/mol. The first-order valence-corrected chi connectivity index (χ1v) is 10.9. The van der Waals surface area contributed by atoms with E-state index in [2.05, 4.69) is 55.3 Å². The molecule has 0 saturated carbocycles. The summed E-state index contributed by atoms with van der Waals surface area (Å²) in [5.74, 6) is 0. The Morgan fingerprint density at radius 2 is 1.93 bits per heavy atom. The number of rotatable bonds is 4. The van der Waals surface area contributed by atoms with Crippen LogP contribution in [0.4, 0.5) is 0 Å². The average Bonchev–Trinajstić information content (AvgIpc) is 2.89. The molecule has 0 bridgehead atoms. The van der Waals surface area contributed by atoms with E-state index in [1.165, 1.54) is 12.0 Å². The summed E-state index contributed by atoms with van der Waals surface area (Å²) in [7, 11) is 1.81. The van der Waals surface area contributed by atoms with Crippen LogP contribution in [-0.4, -0.2) is 45.2 Å². The van der Waals surface area contributed by atoms with Crippen LogP contribution in [0.5, 0.6) is 0 Å². The van der Waals surface area contributed by atoms with Crippen LogP contribution in [-0.2, 0) is 20.1 Å². The maximum absolute atomic E-state index is 12.8. The van der Waals surface area contributed by atoms with Crippen molar-refractivity contribution in [1.29, 1.82) is 0 Å². The van der Waals surface area contributed by atoms with Gasteiger partial charge < -0.3 is 5.32 Å². The van der Waals surface area contributed by atoms with Gasteiger partial charge in [0.25, 0.3) is 0 Å². The molecule has 0 spiro atoms. The highest BCUT2D eigenvalue weighted by atomic mass is 16.1. The molecule has 3 heterocycles. The number of aromatic nitrogens is 3. The van der Waals surface area contributed by atoms with Crippen molar-refractivity contribution in [3.63, 3.8) is 0 Å². The summed E-state index contributed by atoms with van der Waals surface area (Å²) >= 11 is 0. The molecule has 30 heavy (non-hydrogen) atoms. The quantitative estimate of drug-likeness (QED) is 0.721. The van der Waals surface area contributed by atoms with Gasteiger partial charge in [-0.15, -0.1) is 0 Å². The van der Waals surface area contributed by atoms with Crippen LogP contribution < -0.4 is 11.0 Å². The van der Waals surface area contributed by atoms with E-state index in [4.69, 9.17) is 4.98 Å². The maximum atomic E-state index is 12.8. The van der Waals surface area contributed by atoms with E-state index < -0.39 is 0 Å². The van der Waals surface area contributed by atoms with Crippen molar-refractivity contribution in [2.24, 2.45) is 12.5 Å². The molecule has 1 aliphatic heterocycles. The van der Waals surface area contributed by atoms with Crippen molar-refractivity contribution in [2.45, 2.75) is 40.3 Å². The molecule has 1 N–H and O–H groups in total. The molecule has 0 radical (unpaired) electrons. The molecule has 3 aromatic rings. The number of hydrogen-bond donors (Lipinski definition) is 1. The molecule has 0 amide bonds. The van der Waals surface area contributed by atoms with Gasteiger partial charge in [0.1, 0.15) is 0 Å². The smallest absolute Gasteiger partial charge is 0.315 e. The minimum absolute atomic E-state index is 0.00639. The third-order valence-electron chi connectivity index (χ3n) is 5.67. The Morgan fingerprint density at radius 3 is 2.73 bits per heavy atom. The van der Waals surface area contributed by atoms with Crippen LogP contribution in [0, 0.1) is 5.41 Å². The Morgan fingerprint density at radius 1 is 1.10 bits per heavy atom. The molecule has 160 valence electrons. The van der Waals surface area contributed by atoms with Gasteiger partial charge >= 0.3 is 5.69 Å². The second kappa shape index (κ2) is 8.36. The number of hydrogen-bond acceptors (Lipinski definition) is 4. The molecule has 0 unspecified atom stereocenters. The van der Waals surface area contributed by atoms with Gasteiger partial charge in [-0.3, -0.25) is 14.0 Å². The normalized spacial score (nSPS) is 16.1. The minimum Gasteiger partial charge on any atom is -0.315 e. The second-order valence-corrected chi connectivity index (χ2v) is 9.61. The maximum Gasteiger partial charge on any atom is 0.330 e. The van der Waals surface area contributed by atoms with Gasteiger partial charge in [-0.25, -0.2) is 9.78 Å². The Kier molecular flexibility index (Phi) is 5.80. The van der Waals surface area contributed by atoms with Crippen LogP contribution in [0.25, 0.3) is 22.4 Å². The zero-order valence-electron chi connectivity index (χ0n) is 18.6. The highest BCUT2D eigenvalue weighted by molar-refractivity contribution is 5.76. The summed E-state index contributed by atoms with van der Waals surface area (Å²) in [4.78, 5) is 20.2. The lowest BCUT2D eigenvalue weighted by Crippen LogP contribution is -2.27. The molecular weight excluding hydrogens is 374 g/mol. The molecule has 4 rings (SSSR count).